The third-order valence-corrected chi connectivity index (χ3v) is 4.32. The van der Waals surface area contributed by atoms with E-state index in [-0.39, 0.29) is 23.6 Å². The lowest BCUT2D eigenvalue weighted by atomic mass is 10.3. The lowest BCUT2D eigenvalue weighted by Gasteiger charge is -2.14. The topological polar surface area (TPSA) is 66.2 Å². The van der Waals surface area contributed by atoms with Crippen molar-refractivity contribution in [3.8, 4) is 0 Å². The summed E-state index contributed by atoms with van der Waals surface area (Å²) in [6.07, 6.45) is -0.957. The Hall–Kier alpha value is -2.39. The first-order valence-electron chi connectivity index (χ1n) is 7.40. The van der Waals surface area contributed by atoms with Crippen LogP contribution in [-0.2, 0) is 16.1 Å². The van der Waals surface area contributed by atoms with E-state index in [1.54, 1.807) is 29.6 Å². The second-order valence-corrected chi connectivity index (χ2v) is 6.16. The summed E-state index contributed by atoms with van der Waals surface area (Å²) in [5.74, 6) is -0.712. The molecule has 3 aromatic rings. The zero-order chi connectivity index (χ0) is 18.0. The second-order valence-electron chi connectivity index (χ2n) is 5.21. The fraction of sp³-hybridized carbons (Fsp3) is 0.312. The van der Waals surface area contributed by atoms with E-state index >= 15 is 0 Å². The Morgan fingerprint density at radius 2 is 2.08 bits per heavy atom. The number of hydrogen-bond donors (Lipinski definition) is 0. The van der Waals surface area contributed by atoms with Crippen molar-refractivity contribution in [2.45, 2.75) is 26.2 Å². The van der Waals surface area contributed by atoms with Crippen molar-refractivity contribution in [1.29, 1.82) is 0 Å². The van der Waals surface area contributed by atoms with Gasteiger partial charge in [0, 0.05) is 12.5 Å². The molecule has 132 valence electrons. The van der Waals surface area contributed by atoms with Crippen molar-refractivity contribution in [3.05, 3.63) is 46.2 Å². The van der Waals surface area contributed by atoms with Gasteiger partial charge in [0.2, 0.25) is 0 Å². The van der Waals surface area contributed by atoms with Gasteiger partial charge in [0.05, 0.1) is 17.6 Å². The summed E-state index contributed by atoms with van der Waals surface area (Å²) in [5, 5.41) is 2.17. The largest absolute Gasteiger partial charge is 0.450 e. The van der Waals surface area contributed by atoms with Crippen molar-refractivity contribution in [2.24, 2.45) is 0 Å². The number of halogens is 2. The number of hydrogen-bond acceptors (Lipinski definition) is 6. The van der Waals surface area contributed by atoms with Crippen LogP contribution in [0.1, 0.15) is 40.9 Å². The van der Waals surface area contributed by atoms with Crippen LogP contribution in [0.4, 0.5) is 8.78 Å². The van der Waals surface area contributed by atoms with Crippen LogP contribution >= 0.6 is 11.3 Å². The molecular weight excluding hydrogens is 352 g/mol. The van der Waals surface area contributed by atoms with Gasteiger partial charge in [-0.3, -0.25) is 4.57 Å². The molecule has 0 N–H and O–H groups in total. The first-order chi connectivity index (χ1) is 12.0. The normalized spacial score (nSPS) is 12.7. The number of nitrogens with zero attached hydrogens (tertiary/aromatic N) is 3. The summed E-state index contributed by atoms with van der Waals surface area (Å²) >= 11 is 1.26. The minimum Gasteiger partial charge on any atom is -0.450 e. The van der Waals surface area contributed by atoms with Crippen LogP contribution in [0.2, 0.25) is 0 Å². The van der Waals surface area contributed by atoms with E-state index in [9.17, 15) is 13.6 Å². The van der Waals surface area contributed by atoms with E-state index in [0.717, 1.165) is 4.57 Å². The molecule has 2 heterocycles. The van der Waals surface area contributed by atoms with E-state index in [2.05, 4.69) is 9.97 Å². The molecule has 0 aliphatic rings. The summed E-state index contributed by atoms with van der Waals surface area (Å²) in [4.78, 5) is 20.5. The van der Waals surface area contributed by atoms with E-state index in [0.29, 0.717) is 10.5 Å². The average molecular weight is 367 g/mol. The maximum Gasteiger partial charge on any atom is 0.358 e. The molecule has 0 radical (unpaired) electrons. The molecule has 25 heavy (non-hydrogen) atoms. The number of alkyl halides is 2. The monoisotopic (exact) mass is 367 g/mol. The van der Waals surface area contributed by atoms with Crippen molar-refractivity contribution in [1.82, 2.24) is 14.5 Å². The van der Waals surface area contributed by atoms with E-state index in [4.69, 9.17) is 9.47 Å². The summed E-state index contributed by atoms with van der Waals surface area (Å²) in [5.41, 5.74) is 0.812. The van der Waals surface area contributed by atoms with Gasteiger partial charge in [0.15, 0.2) is 17.6 Å². The number of para-hydroxylation sites is 2. The van der Waals surface area contributed by atoms with Gasteiger partial charge in [0.1, 0.15) is 5.01 Å². The van der Waals surface area contributed by atoms with E-state index in [1.165, 1.54) is 25.4 Å². The smallest absolute Gasteiger partial charge is 0.358 e. The molecular formula is C16H15F2N3O3S. The second kappa shape index (κ2) is 7.24. The van der Waals surface area contributed by atoms with Crippen LogP contribution < -0.4 is 0 Å². The van der Waals surface area contributed by atoms with Gasteiger partial charge in [0.25, 0.3) is 0 Å². The number of carbonyl (C=O) groups excluding carboxylic acids is 1. The molecule has 0 bridgehead atoms. The van der Waals surface area contributed by atoms with Gasteiger partial charge in [-0.2, -0.15) is 8.78 Å². The molecule has 0 saturated carbocycles. The highest BCUT2D eigenvalue weighted by Gasteiger charge is 2.25. The van der Waals surface area contributed by atoms with Gasteiger partial charge >= 0.3 is 12.5 Å². The van der Waals surface area contributed by atoms with Crippen LogP contribution in [0.5, 0.6) is 0 Å². The molecule has 0 fully saturated rings. The van der Waals surface area contributed by atoms with Crippen LogP contribution in [0.25, 0.3) is 11.0 Å². The van der Waals surface area contributed by atoms with Crippen LogP contribution in [0, 0.1) is 0 Å². The maximum absolute atomic E-state index is 13.5. The number of carbonyl (C=O) groups is 1. The van der Waals surface area contributed by atoms with Crippen molar-refractivity contribution < 1.29 is 23.0 Å². The van der Waals surface area contributed by atoms with Gasteiger partial charge in [-0.15, -0.1) is 11.3 Å². The first-order valence-corrected chi connectivity index (χ1v) is 8.28. The van der Waals surface area contributed by atoms with Gasteiger partial charge in [-0.05, 0) is 19.1 Å². The van der Waals surface area contributed by atoms with Crippen LogP contribution in [-0.4, -0.2) is 27.6 Å². The number of methoxy groups -OCH3 is 1. The fourth-order valence-electron chi connectivity index (χ4n) is 2.42. The number of rotatable bonds is 6. The zero-order valence-electron chi connectivity index (χ0n) is 13.5. The number of ether oxygens (including phenoxy) is 2. The summed E-state index contributed by atoms with van der Waals surface area (Å²) in [6, 6.07) is 6.53. The van der Waals surface area contributed by atoms with Crippen LogP contribution in [0.15, 0.2) is 29.6 Å². The number of esters is 1. The number of imidazole rings is 1. The molecule has 0 amide bonds. The predicted molar refractivity (Wildman–Crippen MR) is 87.6 cm³/mol. The Labute approximate surface area is 146 Å². The SMILES string of the molecule is COCc1nc(C(=O)OC(C)c2nc3ccccc3n2C(F)F)cs1. The molecule has 1 unspecified atom stereocenters. The van der Waals surface area contributed by atoms with Crippen molar-refractivity contribution in [2.75, 3.05) is 7.11 Å². The van der Waals surface area contributed by atoms with Crippen molar-refractivity contribution >= 4 is 28.3 Å². The number of fused-ring (bicyclic) bond motifs is 1. The minimum absolute atomic E-state index is 0.0168. The van der Waals surface area contributed by atoms with Gasteiger partial charge < -0.3 is 9.47 Å². The minimum atomic E-state index is -2.80. The van der Waals surface area contributed by atoms with Gasteiger partial charge in [-0.1, -0.05) is 12.1 Å². The van der Waals surface area contributed by atoms with E-state index < -0.39 is 18.6 Å². The first kappa shape index (κ1) is 17.4. The van der Waals surface area contributed by atoms with Gasteiger partial charge in [-0.25, -0.2) is 14.8 Å². The molecule has 0 saturated heterocycles. The third kappa shape index (κ3) is 3.52. The molecule has 6 nitrogen and oxygen atoms in total. The van der Waals surface area contributed by atoms with Crippen molar-refractivity contribution in [3.63, 3.8) is 0 Å². The Kier molecular flexibility index (Phi) is 5.05. The molecule has 2 aromatic heterocycles. The molecule has 3 rings (SSSR count). The summed E-state index contributed by atoms with van der Waals surface area (Å²) in [6.45, 7) is -1.01. The number of benzene rings is 1. The summed E-state index contributed by atoms with van der Waals surface area (Å²) < 4.78 is 37.9. The Morgan fingerprint density at radius 1 is 1.32 bits per heavy atom. The quantitative estimate of drug-likeness (QED) is 0.617. The molecule has 1 atom stereocenters. The third-order valence-electron chi connectivity index (χ3n) is 3.49. The zero-order valence-corrected chi connectivity index (χ0v) is 14.3. The Morgan fingerprint density at radius 3 is 2.80 bits per heavy atom. The average Bonchev–Trinajstić information content (AvgIpc) is 3.19. The predicted octanol–water partition coefficient (Wildman–Crippen LogP) is 3.95. The summed E-state index contributed by atoms with van der Waals surface area (Å²) in [7, 11) is 1.52. The molecule has 0 aliphatic carbocycles. The van der Waals surface area contributed by atoms with E-state index in [1.807, 2.05) is 0 Å². The van der Waals surface area contributed by atoms with Crippen LogP contribution in [0.3, 0.4) is 0 Å². The highest BCUT2D eigenvalue weighted by molar-refractivity contribution is 7.09. The standard InChI is InChI=1S/C16H15F2N3O3S/c1-9(24-15(22)11-8-25-13(19-11)7-23-2)14-20-10-5-3-4-6-12(10)21(14)16(17)18/h3-6,8-9,16H,7H2,1-2H3. The fourth-order valence-corrected chi connectivity index (χ4v) is 3.16. The highest BCUT2D eigenvalue weighted by atomic mass is 32.1. The lowest BCUT2D eigenvalue weighted by molar-refractivity contribution is 0.0228. The molecule has 9 heteroatoms. The number of thiazole rings is 1. The highest BCUT2D eigenvalue weighted by Crippen LogP contribution is 2.28. The Balaban J connectivity index is 1.85. The molecule has 0 aliphatic heterocycles. The Bertz CT molecular complexity index is 894. The lowest BCUT2D eigenvalue weighted by Crippen LogP contribution is -2.15. The maximum atomic E-state index is 13.5. The molecule has 1 aromatic carbocycles. The number of aromatic nitrogens is 3. The molecule has 0 spiro atoms.